The molecular weight excluding hydrogens is 180 g/mol. The lowest BCUT2D eigenvalue weighted by Gasteiger charge is -2.33. The third-order valence-corrected chi connectivity index (χ3v) is 2.06. The van der Waals surface area contributed by atoms with Crippen molar-refractivity contribution in [2.45, 2.75) is 66.2 Å². The van der Waals surface area contributed by atoms with Crippen molar-refractivity contribution in [3.05, 3.63) is 0 Å². The van der Waals surface area contributed by atoms with Crippen LogP contribution < -0.4 is 0 Å². The first kappa shape index (κ1) is 13.3. The summed E-state index contributed by atoms with van der Waals surface area (Å²) in [6, 6.07) is 0. The molecule has 0 spiro atoms. The van der Waals surface area contributed by atoms with Gasteiger partial charge in [0.2, 0.25) is 0 Å². The quantitative estimate of drug-likeness (QED) is 0.614. The second kappa shape index (κ2) is 3.81. The van der Waals surface area contributed by atoms with Crippen molar-refractivity contribution < 1.29 is 11.6 Å². The molecule has 1 heteroatoms. The Morgan fingerprint density at radius 1 is 0.769 bits per heavy atom. The van der Waals surface area contributed by atoms with E-state index in [0.29, 0.717) is 10.8 Å². The van der Waals surface area contributed by atoms with E-state index >= 15 is 0 Å². The first-order chi connectivity index (χ1) is 5.41. The highest BCUT2D eigenvalue weighted by atomic mass is 35.5. The largest absolute Gasteiger partial charge is 0.184 e. The topological polar surface area (TPSA) is 0 Å². The summed E-state index contributed by atoms with van der Waals surface area (Å²) in [5, 5.41) is 0. The van der Waals surface area contributed by atoms with Crippen LogP contribution in [0.1, 0.15) is 61.3 Å². The first-order valence-electron chi connectivity index (χ1n) is 5.12. The lowest BCUT2D eigenvalue weighted by atomic mass is 9.72. The lowest BCUT2D eigenvalue weighted by molar-refractivity contribution is -0.471. The summed E-state index contributed by atoms with van der Waals surface area (Å²) in [4.78, 5) is 0.0365. The highest BCUT2D eigenvalue weighted by Gasteiger charge is 2.35. The fourth-order valence-corrected chi connectivity index (χ4v) is 3.04. The summed E-state index contributed by atoms with van der Waals surface area (Å²) in [5.74, 6) is 0. The molecule has 0 aliphatic rings. The number of rotatable bonds is 3. The van der Waals surface area contributed by atoms with Gasteiger partial charge in [0, 0.05) is 6.42 Å². The van der Waals surface area contributed by atoms with Crippen LogP contribution in [0.4, 0.5) is 0 Å². The van der Waals surface area contributed by atoms with Gasteiger partial charge in [0.05, 0.1) is 0 Å². The third kappa shape index (κ3) is 8.62. The summed E-state index contributed by atoms with van der Waals surface area (Å²) >= 11 is 5.42. The molecule has 0 saturated heterocycles. The molecule has 0 aromatic rings. The second-order valence-corrected chi connectivity index (χ2v) is 7.94. The standard InChI is InChI=1S/C12H26Cl/c1-10(2,3)8-11(4,5)9-12(6,7)13/h13H,8-9H2,1-7H3/q+1. The minimum absolute atomic E-state index is 0.0365. The third-order valence-electron chi connectivity index (χ3n) is 1.91. The Bertz CT molecular complexity index is 137. The Balaban J connectivity index is 4.25. The number of alkyl halides is 1. The SMILES string of the molecule is CC(C)(C)CC(C)(C)CC(C)(C)[ClH+]. The molecule has 0 aromatic carbocycles. The Labute approximate surface area is 89.1 Å². The van der Waals surface area contributed by atoms with Gasteiger partial charge in [-0.1, -0.05) is 34.6 Å². The minimum Gasteiger partial charge on any atom is -0.0602 e. The number of hydrogen-bond donors (Lipinski definition) is 0. The van der Waals surface area contributed by atoms with E-state index in [1.807, 2.05) is 0 Å². The van der Waals surface area contributed by atoms with Crippen LogP contribution in [0.5, 0.6) is 0 Å². The van der Waals surface area contributed by atoms with E-state index in [1.165, 1.54) is 6.42 Å². The molecule has 0 aliphatic heterocycles. The molecular formula is C12H26Cl+. The van der Waals surface area contributed by atoms with Gasteiger partial charge in [0.25, 0.3) is 0 Å². The molecule has 0 amide bonds. The molecule has 0 atom stereocenters. The van der Waals surface area contributed by atoms with Crippen molar-refractivity contribution in [1.82, 2.24) is 0 Å². The maximum atomic E-state index is 5.42. The van der Waals surface area contributed by atoms with Crippen LogP contribution in [0.3, 0.4) is 0 Å². The fourth-order valence-electron chi connectivity index (χ4n) is 2.65. The zero-order valence-corrected chi connectivity index (χ0v) is 11.1. The smallest absolute Gasteiger partial charge is 0.0602 e. The summed E-state index contributed by atoms with van der Waals surface area (Å²) in [7, 11) is 0. The van der Waals surface area contributed by atoms with Crippen molar-refractivity contribution >= 4 is 0 Å². The van der Waals surface area contributed by atoms with Crippen molar-refractivity contribution in [2.75, 3.05) is 0 Å². The van der Waals surface area contributed by atoms with Gasteiger partial charge in [0.1, 0.15) is 11.6 Å². The zero-order valence-electron chi connectivity index (χ0n) is 10.3. The zero-order chi connectivity index (χ0) is 10.9. The Kier molecular flexibility index (Phi) is 3.89. The highest BCUT2D eigenvalue weighted by Crippen LogP contribution is 2.38. The highest BCUT2D eigenvalue weighted by molar-refractivity contribution is 4.81. The van der Waals surface area contributed by atoms with E-state index in [4.69, 9.17) is 11.6 Å². The molecule has 13 heavy (non-hydrogen) atoms. The van der Waals surface area contributed by atoms with Crippen molar-refractivity contribution in [3.63, 3.8) is 0 Å². The molecule has 0 nitrogen and oxygen atoms in total. The normalized spacial score (nSPS) is 14.8. The average molecular weight is 206 g/mol. The van der Waals surface area contributed by atoms with Crippen LogP contribution in [0.25, 0.3) is 0 Å². The minimum atomic E-state index is 0.0365. The summed E-state index contributed by atoms with van der Waals surface area (Å²) in [6.07, 6.45) is 2.35. The Hall–Kier alpha value is 0.290. The van der Waals surface area contributed by atoms with Crippen LogP contribution >= 0.6 is 0 Å². The number of halogens is 1. The predicted octanol–water partition coefficient (Wildman–Crippen LogP) is 3.90. The maximum absolute atomic E-state index is 5.42. The number of hydrogen-bond acceptors (Lipinski definition) is 0. The molecule has 0 N–H and O–H groups in total. The van der Waals surface area contributed by atoms with E-state index in [2.05, 4.69) is 48.5 Å². The Morgan fingerprint density at radius 2 is 1.15 bits per heavy atom. The van der Waals surface area contributed by atoms with Gasteiger partial charge in [-0.2, -0.15) is 0 Å². The Morgan fingerprint density at radius 3 is 1.38 bits per heavy atom. The van der Waals surface area contributed by atoms with Gasteiger partial charge in [-0.3, -0.25) is 0 Å². The molecule has 0 radical (unpaired) electrons. The molecule has 0 aromatic heterocycles. The molecule has 0 fully saturated rings. The molecule has 0 unspecified atom stereocenters. The van der Waals surface area contributed by atoms with E-state index in [-0.39, 0.29) is 4.87 Å². The molecule has 0 rings (SSSR count). The van der Waals surface area contributed by atoms with Gasteiger partial charge in [-0.15, -0.1) is 0 Å². The van der Waals surface area contributed by atoms with Gasteiger partial charge in [0.15, 0.2) is 4.87 Å². The molecule has 80 valence electrons. The van der Waals surface area contributed by atoms with Crippen molar-refractivity contribution in [2.24, 2.45) is 10.8 Å². The second-order valence-electron chi connectivity index (χ2n) is 6.84. The molecule has 0 aliphatic carbocycles. The van der Waals surface area contributed by atoms with E-state index in [1.54, 1.807) is 0 Å². The van der Waals surface area contributed by atoms with Gasteiger partial charge in [-0.25, -0.2) is 0 Å². The molecule has 0 bridgehead atoms. The van der Waals surface area contributed by atoms with Crippen molar-refractivity contribution in [3.8, 4) is 0 Å². The molecule has 0 saturated carbocycles. The molecule has 0 heterocycles. The lowest BCUT2D eigenvalue weighted by Crippen LogP contribution is -2.29. The van der Waals surface area contributed by atoms with Crippen LogP contribution in [0.15, 0.2) is 0 Å². The van der Waals surface area contributed by atoms with E-state index < -0.39 is 0 Å². The van der Waals surface area contributed by atoms with Gasteiger partial charge >= 0.3 is 0 Å². The van der Waals surface area contributed by atoms with Gasteiger partial charge < -0.3 is 0 Å². The van der Waals surface area contributed by atoms with Crippen molar-refractivity contribution in [1.29, 1.82) is 0 Å². The first-order valence-corrected chi connectivity index (χ1v) is 5.53. The van der Waals surface area contributed by atoms with Gasteiger partial charge in [-0.05, 0) is 31.1 Å². The van der Waals surface area contributed by atoms with E-state index in [0.717, 1.165) is 6.42 Å². The summed E-state index contributed by atoms with van der Waals surface area (Å²) in [5.41, 5.74) is 0.771. The predicted molar refractivity (Wildman–Crippen MR) is 57.9 cm³/mol. The van der Waals surface area contributed by atoms with Crippen LogP contribution in [0, 0.1) is 22.4 Å². The monoisotopic (exact) mass is 205 g/mol. The van der Waals surface area contributed by atoms with Crippen LogP contribution in [-0.4, -0.2) is 4.87 Å². The summed E-state index contributed by atoms with van der Waals surface area (Å²) in [6.45, 7) is 15.8. The fraction of sp³-hybridized carbons (Fsp3) is 1.00. The maximum Gasteiger partial charge on any atom is 0.184 e. The van der Waals surface area contributed by atoms with E-state index in [9.17, 15) is 0 Å². The average Bonchev–Trinajstić information content (AvgIpc) is 1.43. The van der Waals surface area contributed by atoms with Crippen LogP contribution in [0.2, 0.25) is 0 Å². The van der Waals surface area contributed by atoms with Crippen LogP contribution in [-0.2, 0) is 0 Å². The summed E-state index contributed by atoms with van der Waals surface area (Å²) < 4.78 is 0.